The highest BCUT2D eigenvalue weighted by Crippen LogP contribution is 2.22. The molecule has 1 N–H and O–H groups in total. The quantitative estimate of drug-likeness (QED) is 0.675. The average Bonchev–Trinajstić information content (AvgIpc) is 2.69. The first kappa shape index (κ1) is 21.9. The predicted molar refractivity (Wildman–Crippen MR) is 109 cm³/mol. The maximum atomic E-state index is 14.2. The van der Waals surface area contributed by atoms with E-state index in [4.69, 9.17) is 11.6 Å². The minimum Gasteiger partial charge on any atom is -0.354 e. The van der Waals surface area contributed by atoms with Crippen molar-refractivity contribution in [3.63, 3.8) is 0 Å². The molecular formula is C22H26ClFN2O2. The first-order chi connectivity index (χ1) is 13.5. The fourth-order valence-corrected chi connectivity index (χ4v) is 3.25. The number of hydrogen-bond acceptors (Lipinski definition) is 2. The van der Waals surface area contributed by atoms with Crippen molar-refractivity contribution in [2.45, 2.75) is 45.7 Å². The van der Waals surface area contributed by atoms with Gasteiger partial charge in [0.25, 0.3) is 0 Å². The van der Waals surface area contributed by atoms with Gasteiger partial charge < -0.3 is 10.2 Å². The smallest absolute Gasteiger partial charge is 0.242 e. The Kier molecular flexibility index (Phi) is 8.45. The van der Waals surface area contributed by atoms with Crippen LogP contribution in [-0.2, 0) is 22.6 Å². The van der Waals surface area contributed by atoms with Crippen molar-refractivity contribution in [3.05, 3.63) is 70.5 Å². The number of benzene rings is 2. The second-order valence-electron chi connectivity index (χ2n) is 6.60. The molecule has 2 aromatic rings. The van der Waals surface area contributed by atoms with E-state index in [2.05, 4.69) is 5.32 Å². The molecule has 0 aliphatic rings. The van der Waals surface area contributed by atoms with Crippen molar-refractivity contribution in [2.24, 2.45) is 0 Å². The highest BCUT2D eigenvalue weighted by atomic mass is 35.5. The number of rotatable bonds is 9. The molecule has 150 valence electrons. The Balaban J connectivity index is 2.30. The molecule has 0 radical (unpaired) electrons. The summed E-state index contributed by atoms with van der Waals surface area (Å²) in [6, 6.07) is 13.1. The molecular weight excluding hydrogens is 379 g/mol. The Morgan fingerprint density at radius 1 is 1.11 bits per heavy atom. The SMILES string of the molecule is CCCNC(=O)C(CC)N(Cc1ccccc1)C(=O)Cc1c(F)cccc1Cl. The molecule has 0 heterocycles. The lowest BCUT2D eigenvalue weighted by Crippen LogP contribution is -2.49. The van der Waals surface area contributed by atoms with Crippen LogP contribution in [0, 0.1) is 5.82 Å². The number of carbonyl (C=O) groups is 2. The van der Waals surface area contributed by atoms with Crippen LogP contribution >= 0.6 is 11.6 Å². The lowest BCUT2D eigenvalue weighted by molar-refractivity contribution is -0.141. The van der Waals surface area contributed by atoms with Gasteiger partial charge in [0.1, 0.15) is 11.9 Å². The largest absolute Gasteiger partial charge is 0.354 e. The normalized spacial score (nSPS) is 11.7. The zero-order valence-electron chi connectivity index (χ0n) is 16.3. The number of amides is 2. The van der Waals surface area contributed by atoms with Crippen molar-refractivity contribution >= 4 is 23.4 Å². The molecule has 0 aliphatic heterocycles. The van der Waals surface area contributed by atoms with E-state index in [9.17, 15) is 14.0 Å². The summed E-state index contributed by atoms with van der Waals surface area (Å²) in [5, 5.41) is 3.06. The van der Waals surface area contributed by atoms with Crippen LogP contribution in [0.1, 0.15) is 37.8 Å². The van der Waals surface area contributed by atoms with Gasteiger partial charge in [0.2, 0.25) is 11.8 Å². The number of nitrogens with zero attached hydrogens (tertiary/aromatic N) is 1. The van der Waals surface area contributed by atoms with Crippen LogP contribution in [0.25, 0.3) is 0 Å². The molecule has 1 atom stereocenters. The van der Waals surface area contributed by atoms with Crippen LogP contribution in [0.4, 0.5) is 4.39 Å². The highest BCUT2D eigenvalue weighted by Gasteiger charge is 2.29. The van der Waals surface area contributed by atoms with Crippen LogP contribution in [0.2, 0.25) is 5.02 Å². The Bertz CT molecular complexity index is 778. The van der Waals surface area contributed by atoms with Crippen LogP contribution in [0.5, 0.6) is 0 Å². The van der Waals surface area contributed by atoms with E-state index in [1.807, 2.05) is 44.2 Å². The van der Waals surface area contributed by atoms with Crippen LogP contribution < -0.4 is 5.32 Å². The van der Waals surface area contributed by atoms with Gasteiger partial charge >= 0.3 is 0 Å². The summed E-state index contributed by atoms with van der Waals surface area (Å²) in [7, 11) is 0. The van der Waals surface area contributed by atoms with Crippen molar-refractivity contribution in [1.29, 1.82) is 0 Å². The molecule has 1 unspecified atom stereocenters. The van der Waals surface area contributed by atoms with Gasteiger partial charge in [-0.3, -0.25) is 9.59 Å². The minimum absolute atomic E-state index is 0.149. The lowest BCUT2D eigenvalue weighted by atomic mass is 10.1. The third-order valence-corrected chi connectivity index (χ3v) is 4.87. The van der Waals surface area contributed by atoms with Crippen molar-refractivity contribution < 1.29 is 14.0 Å². The Labute approximate surface area is 170 Å². The molecule has 0 spiro atoms. The zero-order valence-corrected chi connectivity index (χ0v) is 17.0. The molecule has 0 fully saturated rings. The first-order valence-corrected chi connectivity index (χ1v) is 9.89. The third-order valence-electron chi connectivity index (χ3n) is 4.52. The van der Waals surface area contributed by atoms with Gasteiger partial charge in [-0.25, -0.2) is 4.39 Å². The van der Waals surface area contributed by atoms with Gasteiger partial charge in [0.05, 0.1) is 6.42 Å². The van der Waals surface area contributed by atoms with E-state index in [1.54, 1.807) is 6.07 Å². The van der Waals surface area contributed by atoms with Gasteiger partial charge in [-0.05, 0) is 30.5 Å². The molecule has 2 aromatic carbocycles. The molecule has 0 saturated heterocycles. The second-order valence-corrected chi connectivity index (χ2v) is 7.01. The third kappa shape index (κ3) is 5.80. The van der Waals surface area contributed by atoms with Crippen molar-refractivity contribution in [3.8, 4) is 0 Å². The van der Waals surface area contributed by atoms with E-state index in [0.717, 1.165) is 12.0 Å². The number of halogens is 2. The Morgan fingerprint density at radius 3 is 2.43 bits per heavy atom. The Morgan fingerprint density at radius 2 is 1.82 bits per heavy atom. The fraction of sp³-hybridized carbons (Fsp3) is 0.364. The lowest BCUT2D eigenvalue weighted by Gasteiger charge is -2.31. The number of carbonyl (C=O) groups excluding carboxylic acids is 2. The van der Waals surface area contributed by atoms with Gasteiger partial charge in [0, 0.05) is 23.7 Å². The maximum absolute atomic E-state index is 14.2. The summed E-state index contributed by atoms with van der Waals surface area (Å²) >= 11 is 6.09. The van der Waals surface area contributed by atoms with Crippen molar-refractivity contribution in [2.75, 3.05) is 6.54 Å². The molecule has 0 bridgehead atoms. The van der Waals surface area contributed by atoms with E-state index in [0.29, 0.717) is 13.0 Å². The molecule has 0 aromatic heterocycles. The van der Waals surface area contributed by atoms with Crippen LogP contribution in [-0.4, -0.2) is 29.3 Å². The van der Waals surface area contributed by atoms with Crippen LogP contribution in [0.15, 0.2) is 48.5 Å². The molecule has 2 rings (SSSR count). The summed E-state index contributed by atoms with van der Waals surface area (Å²) in [5.41, 5.74) is 1.05. The number of hydrogen-bond donors (Lipinski definition) is 1. The van der Waals surface area contributed by atoms with Gasteiger partial charge in [-0.1, -0.05) is 61.8 Å². The van der Waals surface area contributed by atoms with Gasteiger partial charge in [0.15, 0.2) is 0 Å². The molecule has 0 saturated carbocycles. The maximum Gasteiger partial charge on any atom is 0.242 e. The second kappa shape index (κ2) is 10.8. The standard InChI is InChI=1S/C22H26ClFN2O2/c1-3-13-25-22(28)20(4-2)26(15-16-9-6-5-7-10-16)21(27)14-17-18(23)11-8-12-19(17)24/h5-12,20H,3-4,13-15H2,1-2H3,(H,25,28). The molecule has 0 aliphatic carbocycles. The van der Waals surface area contributed by atoms with Crippen molar-refractivity contribution in [1.82, 2.24) is 10.2 Å². The zero-order chi connectivity index (χ0) is 20.5. The minimum atomic E-state index is -0.634. The highest BCUT2D eigenvalue weighted by molar-refractivity contribution is 6.31. The first-order valence-electron chi connectivity index (χ1n) is 9.51. The summed E-state index contributed by atoms with van der Waals surface area (Å²) in [6.07, 6.45) is 1.06. The summed E-state index contributed by atoms with van der Waals surface area (Å²) in [6.45, 7) is 4.64. The fourth-order valence-electron chi connectivity index (χ4n) is 3.02. The molecule has 28 heavy (non-hydrogen) atoms. The summed E-state index contributed by atoms with van der Waals surface area (Å²) < 4.78 is 14.2. The van der Waals surface area contributed by atoms with E-state index >= 15 is 0 Å². The topological polar surface area (TPSA) is 49.4 Å². The average molecular weight is 405 g/mol. The summed E-state index contributed by atoms with van der Waals surface area (Å²) in [4.78, 5) is 27.3. The van der Waals surface area contributed by atoms with E-state index in [1.165, 1.54) is 17.0 Å². The van der Waals surface area contributed by atoms with Crippen LogP contribution in [0.3, 0.4) is 0 Å². The Hall–Kier alpha value is -2.40. The predicted octanol–water partition coefficient (Wildman–Crippen LogP) is 4.36. The number of nitrogens with one attached hydrogen (secondary N) is 1. The van der Waals surface area contributed by atoms with E-state index < -0.39 is 11.9 Å². The summed E-state index contributed by atoms with van der Waals surface area (Å²) in [5.74, 6) is -1.06. The monoisotopic (exact) mass is 404 g/mol. The van der Waals surface area contributed by atoms with E-state index in [-0.39, 0.29) is 35.4 Å². The van der Waals surface area contributed by atoms with Gasteiger partial charge in [-0.2, -0.15) is 0 Å². The molecule has 6 heteroatoms. The van der Waals surface area contributed by atoms with Gasteiger partial charge in [-0.15, -0.1) is 0 Å². The molecule has 4 nitrogen and oxygen atoms in total. The molecule has 2 amide bonds.